The van der Waals surface area contributed by atoms with Gasteiger partial charge in [0.05, 0.1) is 0 Å². The van der Waals surface area contributed by atoms with Gasteiger partial charge in [0, 0.05) is 23.9 Å². The molecule has 0 aliphatic heterocycles. The molecular formula is C72H140MgO8Sr. The number of rotatable bonds is 64. The fraction of sp³-hybridized carbons (Fsp3) is 0.944. The van der Waals surface area contributed by atoms with Crippen LogP contribution in [0.3, 0.4) is 0 Å². The van der Waals surface area contributed by atoms with Crippen LogP contribution in [0.25, 0.3) is 0 Å². The van der Waals surface area contributed by atoms with Crippen molar-refractivity contribution in [3.05, 3.63) is 0 Å². The zero-order valence-corrected chi connectivity index (χ0v) is 60.8. The first kappa shape index (κ1) is 93.3. The van der Waals surface area contributed by atoms with Gasteiger partial charge >= 0.3 is 68.5 Å². The fourth-order valence-electron chi connectivity index (χ4n) is 10.6. The molecule has 0 spiro atoms. The van der Waals surface area contributed by atoms with E-state index in [-0.39, 0.29) is 94.2 Å². The van der Waals surface area contributed by atoms with Crippen molar-refractivity contribution in [1.29, 1.82) is 0 Å². The molecule has 480 valence electrons. The molecule has 0 aliphatic carbocycles. The molecule has 0 aliphatic rings. The maximum atomic E-state index is 10.2. The van der Waals surface area contributed by atoms with Gasteiger partial charge in [-0.1, -0.05) is 387 Å². The predicted octanol–water partition coefficient (Wildman–Crippen LogP) is 19.2. The van der Waals surface area contributed by atoms with Crippen LogP contribution in [0.2, 0.25) is 0 Å². The van der Waals surface area contributed by atoms with Gasteiger partial charge in [-0.25, -0.2) is 0 Å². The molecule has 0 aromatic heterocycles. The van der Waals surface area contributed by atoms with Crippen molar-refractivity contribution in [2.24, 2.45) is 0 Å². The molecule has 0 rings (SSSR count). The van der Waals surface area contributed by atoms with E-state index in [1.807, 2.05) is 0 Å². The number of aliphatic carboxylic acids is 4. The van der Waals surface area contributed by atoms with Gasteiger partial charge < -0.3 is 39.6 Å². The van der Waals surface area contributed by atoms with Crippen LogP contribution in [0.15, 0.2) is 0 Å². The van der Waals surface area contributed by atoms with Crippen LogP contribution in [-0.2, 0) is 19.2 Å². The van der Waals surface area contributed by atoms with Gasteiger partial charge in [-0.05, 0) is 51.4 Å². The average Bonchev–Trinajstić information content (AvgIpc) is 3.43. The standard InChI is InChI=1S/4C18H36O2.Mg.Sr/c4*1-2-3-4-5-6-7-8-9-10-11-12-13-14-15-16-17-18(19)20;;/h4*2-17H2,1H3,(H,19,20);;/q;;;;2*+2/p-4. The summed E-state index contributed by atoms with van der Waals surface area (Å²) in [4.78, 5) is 40.9. The van der Waals surface area contributed by atoms with Crippen LogP contribution in [-0.4, -0.2) is 92.4 Å². The first-order valence-electron chi connectivity index (χ1n) is 35.9. The van der Waals surface area contributed by atoms with E-state index in [2.05, 4.69) is 27.7 Å². The van der Waals surface area contributed by atoms with E-state index < -0.39 is 23.9 Å². The Balaban J connectivity index is -0.000000233. The van der Waals surface area contributed by atoms with Gasteiger partial charge in [0.1, 0.15) is 0 Å². The monoisotopic (exact) mass is 1240 g/mol. The van der Waals surface area contributed by atoms with Crippen molar-refractivity contribution in [3.8, 4) is 0 Å². The predicted molar refractivity (Wildman–Crippen MR) is 350 cm³/mol. The minimum absolute atomic E-state index is 0. The Morgan fingerprint density at radius 3 is 0.317 bits per heavy atom. The third-order valence-corrected chi connectivity index (χ3v) is 15.9. The van der Waals surface area contributed by atoms with E-state index in [0.717, 1.165) is 51.4 Å². The Kier molecular flexibility index (Phi) is 102. The van der Waals surface area contributed by atoms with E-state index in [1.165, 1.54) is 334 Å². The molecule has 0 bridgehead atoms. The largest absolute Gasteiger partial charge is 2.00 e. The van der Waals surface area contributed by atoms with Crippen molar-refractivity contribution in [2.75, 3.05) is 0 Å². The van der Waals surface area contributed by atoms with Gasteiger partial charge in [-0.2, -0.15) is 0 Å². The number of hydrogen-bond donors (Lipinski definition) is 0. The number of carboxylic acid groups (broad SMARTS) is 4. The Labute approximate surface area is 565 Å². The molecule has 0 unspecified atom stereocenters. The summed E-state index contributed by atoms with van der Waals surface area (Å²) in [5.41, 5.74) is 0. The molecule has 0 N–H and O–H groups in total. The number of carbonyl (C=O) groups excluding carboxylic acids is 4. The van der Waals surface area contributed by atoms with Gasteiger partial charge in [-0.3, -0.25) is 0 Å². The van der Waals surface area contributed by atoms with Gasteiger partial charge in [0.25, 0.3) is 0 Å². The topological polar surface area (TPSA) is 161 Å². The summed E-state index contributed by atoms with van der Waals surface area (Å²) in [7, 11) is 0. The maximum Gasteiger partial charge on any atom is 2.00 e. The summed E-state index contributed by atoms with van der Waals surface area (Å²) in [5, 5.41) is 40.9. The summed E-state index contributed by atoms with van der Waals surface area (Å²) in [6.07, 6.45) is 79.4. The molecular weight excluding hydrogens is 1100 g/mol. The zero-order valence-electron chi connectivity index (χ0n) is 55.9. The van der Waals surface area contributed by atoms with Crippen molar-refractivity contribution in [2.45, 2.75) is 439 Å². The van der Waals surface area contributed by atoms with E-state index in [1.54, 1.807) is 0 Å². The molecule has 0 saturated carbocycles. The molecule has 82 heavy (non-hydrogen) atoms. The second-order valence-corrected chi connectivity index (χ2v) is 24.3. The third-order valence-electron chi connectivity index (χ3n) is 15.9. The van der Waals surface area contributed by atoms with Crippen LogP contribution < -0.4 is 20.4 Å². The second kappa shape index (κ2) is 89.9. The van der Waals surface area contributed by atoms with Crippen LogP contribution in [0.5, 0.6) is 0 Å². The van der Waals surface area contributed by atoms with Crippen molar-refractivity contribution in [1.82, 2.24) is 0 Å². The third kappa shape index (κ3) is 108. The summed E-state index contributed by atoms with van der Waals surface area (Å²) in [6, 6.07) is 0. The molecule has 0 saturated heterocycles. The molecule has 8 nitrogen and oxygen atoms in total. The molecule has 0 atom stereocenters. The van der Waals surface area contributed by atoms with E-state index in [0.29, 0.717) is 0 Å². The number of carboxylic acids is 4. The molecule has 10 heteroatoms. The normalized spacial score (nSPS) is 10.6. The van der Waals surface area contributed by atoms with Crippen molar-refractivity contribution >= 4 is 92.4 Å². The number of hydrogen-bond acceptors (Lipinski definition) is 8. The first-order chi connectivity index (χ1) is 39.1. The van der Waals surface area contributed by atoms with Gasteiger partial charge in [-0.15, -0.1) is 0 Å². The first-order valence-corrected chi connectivity index (χ1v) is 35.9. The minimum Gasteiger partial charge on any atom is -0.550 e. The summed E-state index contributed by atoms with van der Waals surface area (Å²) < 4.78 is 0. The molecule has 0 fully saturated rings. The van der Waals surface area contributed by atoms with Crippen LogP contribution in [0, 0.1) is 0 Å². The molecule has 0 aromatic rings. The van der Waals surface area contributed by atoms with Crippen molar-refractivity contribution < 1.29 is 39.6 Å². The molecule has 0 heterocycles. The van der Waals surface area contributed by atoms with E-state index in [4.69, 9.17) is 0 Å². The smallest absolute Gasteiger partial charge is 0.550 e. The SMILES string of the molecule is CCCCCCCCCCCCCCCCCC(=O)[O-].CCCCCCCCCCCCCCCCCC(=O)[O-].CCCCCCCCCCCCCCCCCC(=O)[O-].CCCCCCCCCCCCCCCCCC(=O)[O-].[Mg+2].[Sr+2]. The summed E-state index contributed by atoms with van der Waals surface area (Å²) in [6.45, 7) is 9.07. The Morgan fingerprint density at radius 2 is 0.244 bits per heavy atom. The van der Waals surface area contributed by atoms with Crippen molar-refractivity contribution in [3.63, 3.8) is 0 Å². The second-order valence-electron chi connectivity index (χ2n) is 24.3. The van der Waals surface area contributed by atoms with Crippen LogP contribution >= 0.6 is 0 Å². The quantitative estimate of drug-likeness (QED) is 0.0430. The van der Waals surface area contributed by atoms with Crippen LogP contribution in [0.4, 0.5) is 0 Å². The Morgan fingerprint density at radius 1 is 0.171 bits per heavy atom. The summed E-state index contributed by atoms with van der Waals surface area (Å²) >= 11 is 0. The number of carbonyl (C=O) groups is 4. The molecule has 0 amide bonds. The average molecular weight is 1250 g/mol. The Hall–Kier alpha value is 0.127. The van der Waals surface area contributed by atoms with E-state index >= 15 is 0 Å². The van der Waals surface area contributed by atoms with Gasteiger partial charge in [0.15, 0.2) is 0 Å². The Bertz CT molecular complexity index is 998. The number of unbranched alkanes of at least 4 members (excludes halogenated alkanes) is 56. The fourth-order valence-corrected chi connectivity index (χ4v) is 10.6. The molecule has 0 radical (unpaired) electrons. The van der Waals surface area contributed by atoms with Gasteiger partial charge in [0.2, 0.25) is 0 Å². The van der Waals surface area contributed by atoms with Crippen LogP contribution in [0.1, 0.15) is 439 Å². The van der Waals surface area contributed by atoms with E-state index in [9.17, 15) is 39.6 Å². The summed E-state index contributed by atoms with van der Waals surface area (Å²) in [5.74, 6) is -3.61. The maximum absolute atomic E-state index is 10.2. The minimum atomic E-state index is -0.903. The molecule has 0 aromatic carbocycles. The zero-order chi connectivity index (χ0) is 59.6.